The summed E-state index contributed by atoms with van der Waals surface area (Å²) in [4.78, 5) is 0. The molecule has 1 aromatic heterocycles. The summed E-state index contributed by atoms with van der Waals surface area (Å²) in [6.07, 6.45) is 2.20. The lowest BCUT2D eigenvalue weighted by atomic mass is 10.0. The lowest BCUT2D eigenvalue weighted by Gasteiger charge is -2.25. The minimum Gasteiger partial charge on any atom is -0.459 e. The Hall–Kier alpha value is -1.32. The van der Waals surface area contributed by atoms with Crippen molar-refractivity contribution in [3.8, 4) is 0 Å². The Kier molecular flexibility index (Phi) is 5.83. The summed E-state index contributed by atoms with van der Waals surface area (Å²) in [6, 6.07) is 8.57. The smallest absolute Gasteiger partial charge is 0.134 e. The van der Waals surface area contributed by atoms with Gasteiger partial charge < -0.3 is 14.5 Å². The van der Waals surface area contributed by atoms with Crippen molar-refractivity contribution in [3.05, 3.63) is 35.6 Å². The normalized spacial score (nSPS) is 14.5. The van der Waals surface area contributed by atoms with Crippen molar-refractivity contribution in [1.82, 2.24) is 5.32 Å². The van der Waals surface area contributed by atoms with E-state index in [0.29, 0.717) is 0 Å². The van der Waals surface area contributed by atoms with Crippen molar-refractivity contribution in [2.75, 3.05) is 13.2 Å². The molecular formula is C18H27NO2. The van der Waals surface area contributed by atoms with Crippen LogP contribution < -0.4 is 5.32 Å². The number of hydrogen-bond acceptors (Lipinski definition) is 3. The second-order valence-electron chi connectivity index (χ2n) is 5.52. The summed E-state index contributed by atoms with van der Waals surface area (Å²) in [6.45, 7) is 10.2. The highest BCUT2D eigenvalue weighted by atomic mass is 16.5. The molecule has 0 radical (unpaired) electrons. The molecule has 0 bridgehead atoms. The number of benzene rings is 1. The number of rotatable bonds is 8. The predicted octanol–water partition coefficient (Wildman–Crippen LogP) is 4.60. The van der Waals surface area contributed by atoms with E-state index in [0.717, 1.165) is 37.3 Å². The van der Waals surface area contributed by atoms with Crippen LogP contribution in [0.25, 0.3) is 11.0 Å². The molecule has 1 heterocycles. The van der Waals surface area contributed by atoms with Crippen LogP contribution in [0.3, 0.4) is 0 Å². The van der Waals surface area contributed by atoms with Crippen molar-refractivity contribution in [1.29, 1.82) is 0 Å². The first-order chi connectivity index (χ1) is 10.2. The average molecular weight is 289 g/mol. The second kappa shape index (κ2) is 7.62. The largest absolute Gasteiger partial charge is 0.459 e. The highest BCUT2D eigenvalue weighted by molar-refractivity contribution is 5.78. The molecule has 1 aromatic carbocycles. The maximum absolute atomic E-state index is 6.07. The maximum atomic E-state index is 6.07. The van der Waals surface area contributed by atoms with Gasteiger partial charge >= 0.3 is 0 Å². The molecule has 0 saturated carbocycles. The third kappa shape index (κ3) is 3.86. The van der Waals surface area contributed by atoms with Gasteiger partial charge in [-0.05, 0) is 51.4 Å². The highest BCUT2D eigenvalue weighted by Crippen LogP contribution is 2.28. The van der Waals surface area contributed by atoms with Gasteiger partial charge in [0.05, 0.1) is 12.1 Å². The van der Waals surface area contributed by atoms with Crippen molar-refractivity contribution in [3.63, 3.8) is 0 Å². The van der Waals surface area contributed by atoms with Gasteiger partial charge in [-0.1, -0.05) is 25.5 Å². The van der Waals surface area contributed by atoms with Gasteiger partial charge in [0.1, 0.15) is 11.3 Å². The first kappa shape index (κ1) is 16.1. The minimum absolute atomic E-state index is 0.114. The molecule has 2 atom stereocenters. The van der Waals surface area contributed by atoms with Gasteiger partial charge in [-0.25, -0.2) is 0 Å². The van der Waals surface area contributed by atoms with Crippen molar-refractivity contribution < 1.29 is 9.15 Å². The van der Waals surface area contributed by atoms with E-state index in [2.05, 4.69) is 44.3 Å². The Labute approximate surface area is 127 Å². The molecule has 0 spiro atoms. The molecule has 2 aromatic rings. The summed E-state index contributed by atoms with van der Waals surface area (Å²) >= 11 is 0. The minimum atomic E-state index is 0.114. The third-order valence-corrected chi connectivity index (χ3v) is 3.77. The fourth-order valence-electron chi connectivity index (χ4n) is 2.72. The molecular weight excluding hydrogens is 262 g/mol. The summed E-state index contributed by atoms with van der Waals surface area (Å²) in [5.41, 5.74) is 2.20. The Morgan fingerprint density at radius 1 is 1.19 bits per heavy atom. The van der Waals surface area contributed by atoms with Crippen LogP contribution in [0.4, 0.5) is 0 Å². The van der Waals surface area contributed by atoms with Crippen LogP contribution in [0, 0.1) is 6.92 Å². The Balaban J connectivity index is 2.32. The zero-order valence-electron chi connectivity index (χ0n) is 13.6. The molecule has 1 N–H and O–H groups in total. The number of ether oxygens (including phenoxy) is 1. The average Bonchev–Trinajstić information content (AvgIpc) is 2.89. The van der Waals surface area contributed by atoms with E-state index in [9.17, 15) is 0 Å². The van der Waals surface area contributed by atoms with E-state index < -0.39 is 0 Å². The lowest BCUT2D eigenvalue weighted by molar-refractivity contribution is 0.0263. The molecule has 21 heavy (non-hydrogen) atoms. The molecule has 0 aliphatic heterocycles. The van der Waals surface area contributed by atoms with Crippen LogP contribution in [0.2, 0.25) is 0 Å². The fourth-order valence-corrected chi connectivity index (χ4v) is 2.72. The summed E-state index contributed by atoms with van der Waals surface area (Å²) in [5.74, 6) is 0.976. The monoisotopic (exact) mass is 289 g/mol. The molecule has 0 saturated heterocycles. The number of furan rings is 1. The molecule has 0 aliphatic carbocycles. The van der Waals surface area contributed by atoms with Gasteiger partial charge in [0, 0.05) is 12.0 Å². The molecule has 2 unspecified atom stereocenters. The maximum Gasteiger partial charge on any atom is 0.134 e. The zero-order chi connectivity index (χ0) is 15.2. The number of aryl methyl sites for hydroxylation is 1. The van der Waals surface area contributed by atoms with Crippen LogP contribution in [0.15, 0.2) is 28.7 Å². The topological polar surface area (TPSA) is 34.4 Å². The quantitative estimate of drug-likeness (QED) is 0.771. The van der Waals surface area contributed by atoms with Gasteiger partial charge in [0.15, 0.2) is 0 Å². The number of hydrogen-bond donors (Lipinski definition) is 1. The summed E-state index contributed by atoms with van der Waals surface area (Å²) in [5, 5.41) is 4.74. The van der Waals surface area contributed by atoms with E-state index >= 15 is 0 Å². The van der Waals surface area contributed by atoms with E-state index in [4.69, 9.17) is 9.15 Å². The Bertz CT molecular complexity index is 561. The summed E-state index contributed by atoms with van der Waals surface area (Å²) < 4.78 is 12.0. The van der Waals surface area contributed by atoms with Gasteiger partial charge in [-0.3, -0.25) is 0 Å². The van der Waals surface area contributed by atoms with E-state index in [1.165, 1.54) is 10.9 Å². The molecule has 0 aliphatic rings. The van der Waals surface area contributed by atoms with Crippen molar-refractivity contribution in [2.45, 2.75) is 52.7 Å². The van der Waals surface area contributed by atoms with E-state index in [1.807, 2.05) is 13.0 Å². The van der Waals surface area contributed by atoms with Crippen LogP contribution >= 0.6 is 0 Å². The predicted molar refractivity (Wildman–Crippen MR) is 87.7 cm³/mol. The first-order valence-corrected chi connectivity index (χ1v) is 8.04. The number of fused-ring (bicyclic) bond motifs is 1. The zero-order valence-corrected chi connectivity index (χ0v) is 13.6. The molecule has 0 amide bonds. The van der Waals surface area contributed by atoms with Gasteiger partial charge in [-0.15, -0.1) is 0 Å². The molecule has 0 fully saturated rings. The fraction of sp³-hybridized carbons (Fsp3) is 0.556. The van der Waals surface area contributed by atoms with Crippen molar-refractivity contribution in [2.24, 2.45) is 0 Å². The third-order valence-electron chi connectivity index (χ3n) is 3.77. The highest BCUT2D eigenvalue weighted by Gasteiger charge is 2.25. The molecule has 3 heteroatoms. The van der Waals surface area contributed by atoms with E-state index in [1.54, 1.807) is 0 Å². The Morgan fingerprint density at radius 3 is 2.67 bits per heavy atom. The van der Waals surface area contributed by atoms with Crippen LogP contribution in [-0.4, -0.2) is 19.3 Å². The van der Waals surface area contributed by atoms with Gasteiger partial charge in [-0.2, -0.15) is 0 Å². The Morgan fingerprint density at radius 2 is 2.00 bits per heavy atom. The van der Waals surface area contributed by atoms with Gasteiger partial charge in [0.2, 0.25) is 0 Å². The van der Waals surface area contributed by atoms with Crippen LogP contribution in [0.5, 0.6) is 0 Å². The van der Waals surface area contributed by atoms with Crippen LogP contribution in [-0.2, 0) is 4.74 Å². The van der Waals surface area contributed by atoms with Crippen molar-refractivity contribution >= 4 is 11.0 Å². The SMILES string of the molecule is CCCNC(c1cc2cc(C)ccc2o1)C(CC)OCC. The molecule has 116 valence electrons. The van der Waals surface area contributed by atoms with Crippen LogP contribution in [0.1, 0.15) is 51.0 Å². The van der Waals surface area contributed by atoms with E-state index in [-0.39, 0.29) is 12.1 Å². The first-order valence-electron chi connectivity index (χ1n) is 8.04. The lowest BCUT2D eigenvalue weighted by Crippen LogP contribution is -2.33. The van der Waals surface area contributed by atoms with Gasteiger partial charge in [0.25, 0.3) is 0 Å². The molecule has 2 rings (SSSR count). The second-order valence-corrected chi connectivity index (χ2v) is 5.52. The standard InChI is InChI=1S/C18H27NO2/c1-5-10-19-18(15(6-2)20-7-3)17-12-14-11-13(4)8-9-16(14)21-17/h8-9,11-12,15,18-19H,5-7,10H2,1-4H3. The number of nitrogens with one attached hydrogen (secondary N) is 1. The summed E-state index contributed by atoms with van der Waals surface area (Å²) in [7, 11) is 0. The molecule has 3 nitrogen and oxygen atoms in total.